The zero-order valence-electron chi connectivity index (χ0n) is 12.3. The fraction of sp³-hybridized carbons (Fsp3) is 0.375. The normalized spacial score (nSPS) is 12.1. The fourth-order valence-corrected chi connectivity index (χ4v) is 2.08. The molecule has 0 bridgehead atoms. The summed E-state index contributed by atoms with van der Waals surface area (Å²) in [4.78, 5) is 16.1. The Hall–Kier alpha value is -2.14. The van der Waals surface area contributed by atoms with Crippen LogP contribution in [0, 0.1) is 0 Å². The second-order valence-corrected chi connectivity index (χ2v) is 4.69. The Bertz CT molecular complexity index is 566. The molecule has 1 unspecified atom stereocenters. The Morgan fingerprint density at radius 2 is 2.14 bits per heavy atom. The maximum atomic E-state index is 11.9. The Morgan fingerprint density at radius 1 is 1.38 bits per heavy atom. The van der Waals surface area contributed by atoms with Gasteiger partial charge < -0.3 is 14.5 Å². The minimum atomic E-state index is -0.336. The van der Waals surface area contributed by atoms with Gasteiger partial charge >= 0.3 is 5.97 Å². The highest BCUT2D eigenvalue weighted by Gasteiger charge is 2.20. The molecule has 5 heteroatoms. The number of hydrogen-bond donors (Lipinski definition) is 1. The average molecular weight is 288 g/mol. The van der Waals surface area contributed by atoms with Crippen LogP contribution in [0.5, 0.6) is 0 Å². The lowest BCUT2D eigenvalue weighted by molar-refractivity contribution is -0.142. The molecule has 1 aromatic carbocycles. The molecule has 0 aliphatic carbocycles. The summed E-state index contributed by atoms with van der Waals surface area (Å²) in [6, 6.07) is 9.58. The zero-order valence-corrected chi connectivity index (χ0v) is 12.3. The van der Waals surface area contributed by atoms with Crippen LogP contribution in [0.1, 0.15) is 30.1 Å². The molecule has 1 heterocycles. The molecule has 112 valence electrons. The monoisotopic (exact) mass is 288 g/mol. The van der Waals surface area contributed by atoms with Crippen molar-refractivity contribution in [3.63, 3.8) is 0 Å². The molecule has 0 aliphatic rings. The van der Waals surface area contributed by atoms with Crippen LogP contribution in [-0.4, -0.2) is 24.6 Å². The standard InChI is InChI=1S/C16H20N2O3/c1-3-13-9-18-15(21-13)11-17-10-14(16(19)20-2)12-7-5-4-6-8-12/h4-9,14,17H,3,10-11H2,1-2H3. The van der Waals surface area contributed by atoms with E-state index < -0.39 is 0 Å². The number of esters is 1. The molecule has 2 aromatic rings. The quantitative estimate of drug-likeness (QED) is 0.792. The SMILES string of the molecule is CCc1cnc(CNCC(C(=O)OC)c2ccccc2)o1. The summed E-state index contributed by atoms with van der Waals surface area (Å²) in [6.45, 7) is 2.97. The highest BCUT2D eigenvalue weighted by Crippen LogP contribution is 2.16. The summed E-state index contributed by atoms with van der Waals surface area (Å²) in [5, 5.41) is 3.20. The first kappa shape index (κ1) is 15.3. The number of methoxy groups -OCH3 is 1. The summed E-state index contributed by atoms with van der Waals surface area (Å²) >= 11 is 0. The fourth-order valence-electron chi connectivity index (χ4n) is 2.08. The van der Waals surface area contributed by atoms with Gasteiger partial charge in [-0.2, -0.15) is 0 Å². The van der Waals surface area contributed by atoms with Crippen molar-refractivity contribution in [2.24, 2.45) is 0 Å². The minimum Gasteiger partial charge on any atom is -0.469 e. The van der Waals surface area contributed by atoms with Gasteiger partial charge in [-0.1, -0.05) is 37.3 Å². The molecule has 0 amide bonds. The van der Waals surface area contributed by atoms with Gasteiger partial charge in [0.05, 0.1) is 25.8 Å². The van der Waals surface area contributed by atoms with Gasteiger partial charge in [0.15, 0.2) is 0 Å². The van der Waals surface area contributed by atoms with Gasteiger partial charge in [0.2, 0.25) is 5.89 Å². The van der Waals surface area contributed by atoms with Crippen molar-refractivity contribution < 1.29 is 13.9 Å². The number of oxazole rings is 1. The van der Waals surface area contributed by atoms with Crippen LogP contribution >= 0.6 is 0 Å². The van der Waals surface area contributed by atoms with Crippen LogP contribution < -0.4 is 5.32 Å². The molecular formula is C16H20N2O3. The lowest BCUT2D eigenvalue weighted by Crippen LogP contribution is -2.27. The van der Waals surface area contributed by atoms with Crippen LogP contribution in [0.4, 0.5) is 0 Å². The molecule has 0 aliphatic heterocycles. The van der Waals surface area contributed by atoms with Crippen molar-refractivity contribution in [2.45, 2.75) is 25.8 Å². The third-order valence-corrected chi connectivity index (χ3v) is 3.26. The van der Waals surface area contributed by atoms with E-state index in [1.165, 1.54) is 7.11 Å². The molecule has 1 aromatic heterocycles. The van der Waals surface area contributed by atoms with E-state index >= 15 is 0 Å². The summed E-state index contributed by atoms with van der Waals surface area (Å²) < 4.78 is 10.4. The first-order valence-corrected chi connectivity index (χ1v) is 7.01. The van der Waals surface area contributed by atoms with Crippen molar-refractivity contribution >= 4 is 5.97 Å². The Balaban J connectivity index is 1.95. The Kier molecular flexibility index (Phi) is 5.51. The van der Waals surface area contributed by atoms with Gasteiger partial charge in [0, 0.05) is 13.0 Å². The molecule has 2 rings (SSSR count). The van der Waals surface area contributed by atoms with Crippen LogP contribution in [0.25, 0.3) is 0 Å². The summed E-state index contributed by atoms with van der Waals surface area (Å²) in [5.74, 6) is 0.898. The van der Waals surface area contributed by atoms with Gasteiger partial charge in [-0.25, -0.2) is 4.98 Å². The highest BCUT2D eigenvalue weighted by molar-refractivity contribution is 5.78. The van der Waals surface area contributed by atoms with Crippen LogP contribution in [0.3, 0.4) is 0 Å². The Morgan fingerprint density at radius 3 is 2.76 bits per heavy atom. The van der Waals surface area contributed by atoms with Crippen LogP contribution in [0.2, 0.25) is 0 Å². The lowest BCUT2D eigenvalue weighted by atomic mass is 9.99. The van der Waals surface area contributed by atoms with E-state index in [2.05, 4.69) is 10.3 Å². The molecule has 0 saturated carbocycles. The van der Waals surface area contributed by atoms with Gasteiger partial charge in [0.1, 0.15) is 5.76 Å². The summed E-state index contributed by atoms with van der Waals surface area (Å²) in [5.41, 5.74) is 0.929. The van der Waals surface area contributed by atoms with E-state index in [1.807, 2.05) is 37.3 Å². The van der Waals surface area contributed by atoms with Crippen molar-refractivity contribution in [3.8, 4) is 0 Å². The largest absolute Gasteiger partial charge is 0.469 e. The minimum absolute atomic E-state index is 0.254. The van der Waals surface area contributed by atoms with Gasteiger partial charge in [-0.15, -0.1) is 0 Å². The van der Waals surface area contributed by atoms with Crippen LogP contribution in [-0.2, 0) is 22.5 Å². The van der Waals surface area contributed by atoms with E-state index in [4.69, 9.17) is 9.15 Å². The maximum absolute atomic E-state index is 11.9. The first-order chi connectivity index (χ1) is 10.2. The molecule has 0 saturated heterocycles. The van der Waals surface area contributed by atoms with Gasteiger partial charge in [-0.05, 0) is 5.56 Å². The number of nitrogens with one attached hydrogen (secondary N) is 1. The predicted molar refractivity (Wildman–Crippen MR) is 78.8 cm³/mol. The number of carbonyl (C=O) groups excluding carboxylic acids is 1. The number of aromatic nitrogens is 1. The van der Waals surface area contributed by atoms with E-state index in [1.54, 1.807) is 6.20 Å². The topological polar surface area (TPSA) is 64.4 Å². The smallest absolute Gasteiger partial charge is 0.314 e. The highest BCUT2D eigenvalue weighted by atomic mass is 16.5. The molecule has 0 spiro atoms. The summed E-state index contributed by atoms with van der Waals surface area (Å²) in [7, 11) is 1.40. The molecular weight excluding hydrogens is 268 g/mol. The number of hydrogen-bond acceptors (Lipinski definition) is 5. The van der Waals surface area contributed by atoms with Gasteiger partial charge in [0.25, 0.3) is 0 Å². The van der Waals surface area contributed by atoms with Gasteiger partial charge in [-0.3, -0.25) is 4.79 Å². The van der Waals surface area contributed by atoms with E-state index in [9.17, 15) is 4.79 Å². The molecule has 1 N–H and O–H groups in total. The Labute approximate surface area is 124 Å². The second-order valence-electron chi connectivity index (χ2n) is 4.69. The van der Waals surface area contributed by atoms with E-state index in [-0.39, 0.29) is 11.9 Å². The third kappa shape index (κ3) is 4.16. The number of nitrogens with zero attached hydrogens (tertiary/aromatic N) is 1. The van der Waals surface area contributed by atoms with Crippen molar-refractivity contribution in [1.82, 2.24) is 10.3 Å². The molecule has 0 radical (unpaired) electrons. The molecule has 21 heavy (non-hydrogen) atoms. The molecule has 0 fully saturated rings. The lowest BCUT2D eigenvalue weighted by Gasteiger charge is -2.15. The maximum Gasteiger partial charge on any atom is 0.314 e. The molecule has 5 nitrogen and oxygen atoms in total. The second kappa shape index (κ2) is 7.59. The van der Waals surface area contributed by atoms with Crippen molar-refractivity contribution in [2.75, 3.05) is 13.7 Å². The third-order valence-electron chi connectivity index (χ3n) is 3.26. The van der Waals surface area contributed by atoms with E-state index in [0.717, 1.165) is 17.7 Å². The predicted octanol–water partition coefficient (Wildman–Crippen LogP) is 2.28. The average Bonchev–Trinajstić information content (AvgIpc) is 2.99. The zero-order chi connectivity index (χ0) is 15.1. The first-order valence-electron chi connectivity index (χ1n) is 7.01. The number of ether oxygens (including phenoxy) is 1. The number of rotatable bonds is 7. The molecule has 1 atom stereocenters. The van der Waals surface area contributed by atoms with E-state index in [0.29, 0.717) is 19.0 Å². The van der Waals surface area contributed by atoms with Crippen molar-refractivity contribution in [3.05, 3.63) is 53.7 Å². The number of carbonyl (C=O) groups is 1. The number of benzene rings is 1. The number of aryl methyl sites for hydroxylation is 1. The summed E-state index contributed by atoms with van der Waals surface area (Å²) in [6.07, 6.45) is 2.55. The van der Waals surface area contributed by atoms with Crippen molar-refractivity contribution in [1.29, 1.82) is 0 Å². The van der Waals surface area contributed by atoms with Crippen LogP contribution in [0.15, 0.2) is 40.9 Å².